The van der Waals surface area contributed by atoms with E-state index in [0.717, 1.165) is 29.8 Å². The Hall–Kier alpha value is -1.55. The lowest BCUT2D eigenvalue weighted by atomic mass is 10.0. The third-order valence-electron chi connectivity index (χ3n) is 3.37. The molecule has 1 aromatic rings. The molecule has 0 aromatic heterocycles. The van der Waals surface area contributed by atoms with Crippen molar-refractivity contribution in [3.05, 3.63) is 29.3 Å². The van der Waals surface area contributed by atoms with Gasteiger partial charge in [0.1, 0.15) is 5.75 Å². The van der Waals surface area contributed by atoms with E-state index < -0.39 is 6.10 Å². The van der Waals surface area contributed by atoms with Gasteiger partial charge < -0.3 is 15.4 Å². The second kappa shape index (κ2) is 8.67. The Morgan fingerprint density at radius 1 is 1.24 bits per heavy atom. The summed E-state index contributed by atoms with van der Waals surface area (Å²) < 4.78 is 5.88. The van der Waals surface area contributed by atoms with E-state index in [0.29, 0.717) is 12.5 Å². The molecule has 1 amide bonds. The largest absolute Gasteiger partial charge is 0.481 e. The molecule has 0 saturated heterocycles. The van der Waals surface area contributed by atoms with Gasteiger partial charge in [-0.05, 0) is 57.0 Å². The third-order valence-corrected chi connectivity index (χ3v) is 3.37. The molecule has 21 heavy (non-hydrogen) atoms. The van der Waals surface area contributed by atoms with Gasteiger partial charge in [-0.15, -0.1) is 0 Å². The van der Waals surface area contributed by atoms with Crippen LogP contribution in [0.3, 0.4) is 0 Å². The molecule has 0 spiro atoms. The molecule has 0 heterocycles. The van der Waals surface area contributed by atoms with Gasteiger partial charge in [0.15, 0.2) is 6.10 Å². The minimum Gasteiger partial charge on any atom is -0.481 e. The number of hydrogen-bond donors (Lipinski definition) is 2. The lowest BCUT2D eigenvalue weighted by Gasteiger charge is -2.19. The molecule has 0 fully saturated rings. The first-order valence-corrected chi connectivity index (χ1v) is 7.65. The molecule has 0 radical (unpaired) electrons. The highest BCUT2D eigenvalue weighted by Crippen LogP contribution is 2.28. The molecule has 0 aliphatic carbocycles. The van der Waals surface area contributed by atoms with Crippen LogP contribution in [-0.4, -0.2) is 32.1 Å². The predicted octanol–water partition coefficient (Wildman–Crippen LogP) is 2.61. The van der Waals surface area contributed by atoms with Crippen LogP contribution in [0.5, 0.6) is 5.75 Å². The standard InChI is InChI=1S/C17H28N2O2/c1-12(2)15-8-7-13(3)11-16(15)21-14(4)17(20)19-10-6-9-18-5/h7-8,11-12,14,18H,6,9-10H2,1-5H3,(H,19,20). The van der Waals surface area contributed by atoms with Gasteiger partial charge >= 0.3 is 0 Å². The van der Waals surface area contributed by atoms with E-state index in [1.54, 1.807) is 6.92 Å². The zero-order valence-corrected chi connectivity index (χ0v) is 13.8. The van der Waals surface area contributed by atoms with Gasteiger partial charge in [0.2, 0.25) is 0 Å². The van der Waals surface area contributed by atoms with Crippen molar-refractivity contribution in [3.8, 4) is 5.75 Å². The van der Waals surface area contributed by atoms with Crippen molar-refractivity contribution < 1.29 is 9.53 Å². The van der Waals surface area contributed by atoms with Crippen molar-refractivity contribution in [2.75, 3.05) is 20.1 Å². The van der Waals surface area contributed by atoms with Gasteiger partial charge in [-0.1, -0.05) is 26.0 Å². The van der Waals surface area contributed by atoms with E-state index in [9.17, 15) is 4.79 Å². The van der Waals surface area contributed by atoms with Crippen molar-refractivity contribution >= 4 is 5.91 Å². The Morgan fingerprint density at radius 2 is 1.95 bits per heavy atom. The molecule has 0 bridgehead atoms. The number of carbonyl (C=O) groups excluding carboxylic acids is 1. The number of hydrogen-bond acceptors (Lipinski definition) is 3. The van der Waals surface area contributed by atoms with Gasteiger partial charge in [-0.3, -0.25) is 4.79 Å². The highest BCUT2D eigenvalue weighted by atomic mass is 16.5. The van der Waals surface area contributed by atoms with Crippen LogP contribution in [0.1, 0.15) is 44.2 Å². The number of nitrogens with one attached hydrogen (secondary N) is 2. The van der Waals surface area contributed by atoms with Crippen molar-refractivity contribution in [2.45, 2.75) is 46.1 Å². The number of carbonyl (C=O) groups is 1. The lowest BCUT2D eigenvalue weighted by molar-refractivity contribution is -0.127. The maximum atomic E-state index is 12.0. The zero-order chi connectivity index (χ0) is 15.8. The second-order valence-electron chi connectivity index (χ2n) is 5.70. The van der Waals surface area contributed by atoms with Gasteiger partial charge in [0, 0.05) is 6.54 Å². The summed E-state index contributed by atoms with van der Waals surface area (Å²) in [4.78, 5) is 12.0. The fourth-order valence-corrected chi connectivity index (χ4v) is 2.09. The maximum absolute atomic E-state index is 12.0. The monoisotopic (exact) mass is 292 g/mol. The second-order valence-corrected chi connectivity index (χ2v) is 5.70. The summed E-state index contributed by atoms with van der Waals surface area (Å²) >= 11 is 0. The summed E-state index contributed by atoms with van der Waals surface area (Å²) in [5, 5.41) is 5.95. The molecule has 1 aromatic carbocycles. The van der Waals surface area contributed by atoms with Gasteiger partial charge in [0.25, 0.3) is 5.91 Å². The molecule has 1 unspecified atom stereocenters. The van der Waals surface area contributed by atoms with Crippen molar-refractivity contribution in [2.24, 2.45) is 0 Å². The third kappa shape index (κ3) is 5.76. The molecule has 2 N–H and O–H groups in total. The minimum atomic E-state index is -0.487. The highest BCUT2D eigenvalue weighted by molar-refractivity contribution is 5.80. The summed E-state index contributed by atoms with van der Waals surface area (Å²) in [6, 6.07) is 6.15. The summed E-state index contributed by atoms with van der Waals surface area (Å²) in [6.07, 6.45) is 0.426. The number of ether oxygens (including phenoxy) is 1. The van der Waals surface area contributed by atoms with Crippen LogP contribution >= 0.6 is 0 Å². The molecule has 1 rings (SSSR count). The van der Waals surface area contributed by atoms with Crippen LogP contribution in [0.25, 0.3) is 0 Å². The normalized spacial score (nSPS) is 12.3. The zero-order valence-electron chi connectivity index (χ0n) is 13.8. The fourth-order valence-electron chi connectivity index (χ4n) is 2.09. The van der Waals surface area contributed by atoms with Crippen molar-refractivity contribution in [3.63, 3.8) is 0 Å². The Balaban J connectivity index is 2.63. The minimum absolute atomic E-state index is 0.0673. The van der Waals surface area contributed by atoms with Gasteiger partial charge in [-0.25, -0.2) is 0 Å². The van der Waals surface area contributed by atoms with Crippen LogP contribution in [0, 0.1) is 6.92 Å². The van der Waals surface area contributed by atoms with E-state index in [1.165, 1.54) is 0 Å². The molecule has 4 heteroatoms. The summed E-state index contributed by atoms with van der Waals surface area (Å²) in [5.41, 5.74) is 2.27. The van der Waals surface area contributed by atoms with Crippen LogP contribution in [0.15, 0.2) is 18.2 Å². The van der Waals surface area contributed by atoms with E-state index in [4.69, 9.17) is 4.74 Å². The van der Waals surface area contributed by atoms with Gasteiger partial charge in [0.05, 0.1) is 0 Å². The number of aryl methyl sites for hydroxylation is 1. The van der Waals surface area contributed by atoms with Crippen LogP contribution in [0.4, 0.5) is 0 Å². The topological polar surface area (TPSA) is 50.4 Å². The average molecular weight is 292 g/mol. The van der Waals surface area contributed by atoms with E-state index >= 15 is 0 Å². The Bertz CT molecular complexity index is 458. The molecule has 0 aliphatic rings. The fraction of sp³-hybridized carbons (Fsp3) is 0.588. The molecule has 0 aliphatic heterocycles. The summed E-state index contributed by atoms with van der Waals surface area (Å²) in [5.74, 6) is 1.11. The SMILES string of the molecule is CNCCCNC(=O)C(C)Oc1cc(C)ccc1C(C)C. The highest BCUT2D eigenvalue weighted by Gasteiger charge is 2.17. The van der Waals surface area contributed by atoms with E-state index in [2.05, 4.69) is 36.6 Å². The van der Waals surface area contributed by atoms with Crippen LogP contribution in [-0.2, 0) is 4.79 Å². The Morgan fingerprint density at radius 3 is 2.57 bits per heavy atom. The maximum Gasteiger partial charge on any atom is 0.260 e. The molecule has 118 valence electrons. The van der Waals surface area contributed by atoms with Gasteiger partial charge in [-0.2, -0.15) is 0 Å². The first-order chi connectivity index (χ1) is 9.95. The Kier molecular flexibility index (Phi) is 7.23. The number of benzene rings is 1. The average Bonchev–Trinajstić information content (AvgIpc) is 2.43. The molecule has 1 atom stereocenters. The molecular weight excluding hydrogens is 264 g/mol. The molecular formula is C17H28N2O2. The van der Waals surface area contributed by atoms with Crippen molar-refractivity contribution in [1.29, 1.82) is 0 Å². The summed E-state index contributed by atoms with van der Waals surface area (Å²) in [7, 11) is 1.90. The lowest BCUT2D eigenvalue weighted by Crippen LogP contribution is -2.37. The van der Waals surface area contributed by atoms with Crippen molar-refractivity contribution in [1.82, 2.24) is 10.6 Å². The number of amides is 1. The Labute approximate surface area is 128 Å². The van der Waals surface area contributed by atoms with E-state index in [-0.39, 0.29) is 5.91 Å². The predicted molar refractivity (Wildman–Crippen MR) is 86.9 cm³/mol. The first-order valence-electron chi connectivity index (χ1n) is 7.65. The molecule has 0 saturated carbocycles. The smallest absolute Gasteiger partial charge is 0.260 e. The van der Waals surface area contributed by atoms with Crippen LogP contribution < -0.4 is 15.4 Å². The molecule has 4 nitrogen and oxygen atoms in total. The number of rotatable bonds is 8. The van der Waals surface area contributed by atoms with E-state index in [1.807, 2.05) is 20.0 Å². The van der Waals surface area contributed by atoms with Crippen LogP contribution in [0.2, 0.25) is 0 Å². The quantitative estimate of drug-likeness (QED) is 0.724. The summed E-state index contributed by atoms with van der Waals surface area (Å²) in [6.45, 7) is 9.63. The first kappa shape index (κ1) is 17.5.